The van der Waals surface area contributed by atoms with Crippen molar-refractivity contribution in [3.63, 3.8) is 0 Å². The van der Waals surface area contributed by atoms with Gasteiger partial charge < -0.3 is 4.90 Å². The number of fused-ring (bicyclic) bond motifs is 1. The van der Waals surface area contributed by atoms with Crippen LogP contribution in [0.5, 0.6) is 0 Å². The maximum atomic E-state index is 13.3. The Labute approximate surface area is 205 Å². The number of carbonyl (C=O) groups is 1. The molecule has 4 aromatic rings. The zero-order valence-electron chi connectivity index (χ0n) is 20.4. The first-order valence-electron chi connectivity index (χ1n) is 11.7. The van der Waals surface area contributed by atoms with E-state index in [4.69, 9.17) is 4.98 Å². The minimum absolute atomic E-state index is 0.103. The summed E-state index contributed by atoms with van der Waals surface area (Å²) in [5.74, 6) is 1.08. The molecule has 2 aromatic carbocycles. The van der Waals surface area contributed by atoms with Gasteiger partial charge in [0.05, 0.1) is 34.3 Å². The van der Waals surface area contributed by atoms with Crippen LogP contribution in [0.1, 0.15) is 45.6 Å². The minimum Gasteiger partial charge on any atom is -0.337 e. The largest absolute Gasteiger partial charge is 0.337 e. The van der Waals surface area contributed by atoms with Gasteiger partial charge in [-0.3, -0.25) is 14.0 Å². The molecule has 0 bridgehead atoms. The Bertz CT molecular complexity index is 1540. The highest BCUT2D eigenvalue weighted by Crippen LogP contribution is 2.28. The third-order valence-corrected chi connectivity index (χ3v) is 8.60. The Morgan fingerprint density at radius 3 is 2.54 bits per heavy atom. The molecule has 0 unspecified atom stereocenters. The molecule has 1 fully saturated rings. The lowest BCUT2D eigenvalue weighted by Gasteiger charge is -2.18. The van der Waals surface area contributed by atoms with E-state index in [0.29, 0.717) is 18.5 Å². The number of nitrogens with zero attached hydrogens (tertiary/aromatic N) is 5. The molecule has 0 aliphatic carbocycles. The summed E-state index contributed by atoms with van der Waals surface area (Å²) >= 11 is 0. The van der Waals surface area contributed by atoms with Crippen molar-refractivity contribution in [2.24, 2.45) is 0 Å². The Morgan fingerprint density at radius 1 is 1.11 bits per heavy atom. The van der Waals surface area contributed by atoms with Crippen LogP contribution in [0.25, 0.3) is 16.7 Å². The summed E-state index contributed by atoms with van der Waals surface area (Å²) in [6, 6.07) is 15.5. The van der Waals surface area contributed by atoms with E-state index in [1.54, 1.807) is 11.9 Å². The van der Waals surface area contributed by atoms with Gasteiger partial charge in [-0.2, -0.15) is 5.10 Å². The van der Waals surface area contributed by atoms with E-state index in [0.717, 1.165) is 39.5 Å². The average Bonchev–Trinajstić information content (AvgIpc) is 3.45. The molecule has 0 N–H and O–H groups in total. The summed E-state index contributed by atoms with van der Waals surface area (Å²) in [7, 11) is -1.23. The topological polar surface area (TPSA) is 90.1 Å². The molecule has 5 rings (SSSR count). The van der Waals surface area contributed by atoms with Crippen LogP contribution in [-0.2, 0) is 16.4 Å². The molecule has 1 amide bonds. The molecule has 182 valence electrons. The summed E-state index contributed by atoms with van der Waals surface area (Å²) in [6.45, 7) is 6.21. The van der Waals surface area contributed by atoms with Crippen LogP contribution < -0.4 is 0 Å². The van der Waals surface area contributed by atoms with Gasteiger partial charge in [-0.05, 0) is 57.5 Å². The number of amides is 1. The van der Waals surface area contributed by atoms with E-state index in [2.05, 4.69) is 9.67 Å². The van der Waals surface area contributed by atoms with Gasteiger partial charge in [0.1, 0.15) is 5.82 Å². The lowest BCUT2D eigenvalue weighted by molar-refractivity contribution is 0.0785. The highest BCUT2D eigenvalue weighted by atomic mass is 32.2. The van der Waals surface area contributed by atoms with Crippen molar-refractivity contribution in [2.75, 3.05) is 18.6 Å². The summed E-state index contributed by atoms with van der Waals surface area (Å²) in [6.07, 6.45) is 0.577. The molecule has 1 aliphatic heterocycles. The lowest BCUT2D eigenvalue weighted by atomic mass is 10.1. The normalized spacial score (nSPS) is 17.2. The molecule has 1 saturated heterocycles. The number of hydrogen-bond donors (Lipinski definition) is 0. The molecule has 1 aliphatic rings. The maximum Gasteiger partial charge on any atom is 0.253 e. The van der Waals surface area contributed by atoms with Crippen LogP contribution in [-0.4, -0.2) is 57.1 Å². The van der Waals surface area contributed by atoms with Crippen molar-refractivity contribution in [3.05, 3.63) is 76.9 Å². The zero-order valence-corrected chi connectivity index (χ0v) is 21.2. The van der Waals surface area contributed by atoms with Gasteiger partial charge in [-0.25, -0.2) is 13.4 Å². The third-order valence-electron chi connectivity index (χ3n) is 6.85. The molecule has 1 atom stereocenters. The number of imidazole rings is 1. The van der Waals surface area contributed by atoms with Gasteiger partial charge in [0.15, 0.2) is 9.84 Å². The number of aryl methyl sites for hydroxylation is 2. The van der Waals surface area contributed by atoms with Crippen LogP contribution in [0.3, 0.4) is 0 Å². The smallest absolute Gasteiger partial charge is 0.253 e. The highest BCUT2D eigenvalue weighted by Gasteiger charge is 2.31. The zero-order chi connectivity index (χ0) is 24.9. The predicted molar refractivity (Wildman–Crippen MR) is 136 cm³/mol. The molecule has 0 saturated carbocycles. The van der Waals surface area contributed by atoms with E-state index in [1.807, 2.05) is 74.0 Å². The predicted octanol–water partition coefficient (Wildman–Crippen LogP) is 3.78. The fourth-order valence-electron chi connectivity index (χ4n) is 5.02. The lowest BCUT2D eigenvalue weighted by Crippen LogP contribution is -2.26. The summed E-state index contributed by atoms with van der Waals surface area (Å²) in [5, 5.41) is 4.63. The summed E-state index contributed by atoms with van der Waals surface area (Å²) in [4.78, 5) is 19.7. The molecule has 35 heavy (non-hydrogen) atoms. The minimum atomic E-state index is -3.01. The number of benzene rings is 2. The van der Waals surface area contributed by atoms with Crippen molar-refractivity contribution < 1.29 is 13.2 Å². The average molecular weight is 492 g/mol. The van der Waals surface area contributed by atoms with E-state index in [9.17, 15) is 13.2 Å². The quantitative estimate of drug-likeness (QED) is 0.424. The number of para-hydroxylation sites is 1. The third kappa shape index (κ3) is 4.25. The Balaban J connectivity index is 1.39. The Morgan fingerprint density at radius 2 is 1.86 bits per heavy atom. The summed E-state index contributed by atoms with van der Waals surface area (Å²) < 4.78 is 27.8. The van der Waals surface area contributed by atoms with E-state index < -0.39 is 9.84 Å². The number of aromatic nitrogens is 4. The van der Waals surface area contributed by atoms with Crippen molar-refractivity contribution in [2.45, 2.75) is 39.8 Å². The molecule has 8 nitrogen and oxygen atoms in total. The van der Waals surface area contributed by atoms with E-state index >= 15 is 0 Å². The van der Waals surface area contributed by atoms with Crippen LogP contribution >= 0.6 is 0 Å². The second-order valence-corrected chi connectivity index (χ2v) is 11.6. The van der Waals surface area contributed by atoms with Crippen molar-refractivity contribution in [1.29, 1.82) is 0 Å². The molecular formula is C26H29N5O3S. The van der Waals surface area contributed by atoms with Crippen LogP contribution in [0.15, 0.2) is 48.5 Å². The van der Waals surface area contributed by atoms with Crippen molar-refractivity contribution in [3.8, 4) is 5.69 Å². The first kappa shape index (κ1) is 23.3. The van der Waals surface area contributed by atoms with Gasteiger partial charge in [-0.1, -0.05) is 18.2 Å². The number of carbonyl (C=O) groups excluding carboxylic acids is 1. The van der Waals surface area contributed by atoms with Gasteiger partial charge in [-0.15, -0.1) is 0 Å². The fourth-order valence-corrected chi connectivity index (χ4v) is 6.71. The van der Waals surface area contributed by atoms with Gasteiger partial charge in [0.25, 0.3) is 5.91 Å². The Kier molecular flexibility index (Phi) is 5.75. The van der Waals surface area contributed by atoms with Crippen LogP contribution in [0.2, 0.25) is 0 Å². The second-order valence-electron chi connectivity index (χ2n) is 9.35. The molecular weight excluding hydrogens is 462 g/mol. The van der Waals surface area contributed by atoms with Gasteiger partial charge in [0, 0.05) is 36.1 Å². The first-order chi connectivity index (χ1) is 16.6. The van der Waals surface area contributed by atoms with Gasteiger partial charge in [0.2, 0.25) is 0 Å². The molecule has 0 spiro atoms. The number of rotatable bonds is 5. The molecule has 2 aromatic heterocycles. The monoisotopic (exact) mass is 491 g/mol. The number of hydrogen-bond acceptors (Lipinski definition) is 5. The molecule has 3 heterocycles. The second kappa shape index (κ2) is 8.64. The summed E-state index contributed by atoms with van der Waals surface area (Å²) in [5.41, 5.74) is 6.01. The van der Waals surface area contributed by atoms with E-state index in [1.165, 1.54) is 0 Å². The standard InChI is InChI=1S/C26H29N5O3S/c1-17-23(18(2)31(28-17)22-12-13-35(33,34)16-22)15-29(4)26(32)20-10-11-25-24(14-20)27-19(3)30(25)21-8-6-5-7-9-21/h5-11,14,22H,12-13,15-16H2,1-4H3/t22-/m1/s1. The highest BCUT2D eigenvalue weighted by molar-refractivity contribution is 7.91. The molecule has 9 heteroatoms. The van der Waals surface area contributed by atoms with Gasteiger partial charge >= 0.3 is 0 Å². The molecule has 0 radical (unpaired) electrons. The van der Waals surface area contributed by atoms with Crippen LogP contribution in [0, 0.1) is 20.8 Å². The SMILES string of the molecule is Cc1nn([C@@H]2CCS(=O)(=O)C2)c(C)c1CN(C)C(=O)c1ccc2c(c1)nc(C)n2-c1ccccc1. The van der Waals surface area contributed by atoms with Crippen LogP contribution in [0.4, 0.5) is 0 Å². The first-order valence-corrected chi connectivity index (χ1v) is 13.5. The number of sulfone groups is 1. The van der Waals surface area contributed by atoms with E-state index in [-0.39, 0.29) is 23.5 Å². The van der Waals surface area contributed by atoms with Crippen molar-refractivity contribution >= 4 is 26.8 Å². The maximum absolute atomic E-state index is 13.3. The van der Waals surface area contributed by atoms with Crippen molar-refractivity contribution in [1.82, 2.24) is 24.2 Å². The fraction of sp³-hybridized carbons (Fsp3) is 0.346. The Hall–Kier alpha value is -3.46.